The third-order valence-corrected chi connectivity index (χ3v) is 4.85. The summed E-state index contributed by atoms with van der Waals surface area (Å²) in [6.45, 7) is 6.94. The van der Waals surface area contributed by atoms with Gasteiger partial charge in [-0.2, -0.15) is 0 Å². The molecule has 0 aliphatic heterocycles. The summed E-state index contributed by atoms with van der Waals surface area (Å²) >= 11 is 0. The first-order valence-corrected chi connectivity index (χ1v) is 6.57. The maximum absolute atomic E-state index is 12.2. The van der Waals surface area contributed by atoms with E-state index in [1.165, 1.54) is 25.7 Å². The minimum Gasteiger partial charge on any atom is -0.299 e. The lowest BCUT2D eigenvalue weighted by Crippen LogP contribution is -2.32. The van der Waals surface area contributed by atoms with Gasteiger partial charge in [-0.1, -0.05) is 27.2 Å². The lowest BCUT2D eigenvalue weighted by atomic mass is 9.71. The maximum atomic E-state index is 12.2. The van der Waals surface area contributed by atoms with Gasteiger partial charge in [0.25, 0.3) is 0 Å². The summed E-state index contributed by atoms with van der Waals surface area (Å²) in [5.41, 5.74) is 0.350. The van der Waals surface area contributed by atoms with Crippen LogP contribution in [0, 0.1) is 23.2 Å². The quantitative estimate of drug-likeness (QED) is 0.640. The van der Waals surface area contributed by atoms with Gasteiger partial charge in [-0.05, 0) is 42.9 Å². The summed E-state index contributed by atoms with van der Waals surface area (Å²) in [6, 6.07) is 0. The second-order valence-electron chi connectivity index (χ2n) is 6.25. The predicted octanol–water partition coefficient (Wildman–Crippen LogP) is 3.82. The topological polar surface area (TPSA) is 17.1 Å². The van der Waals surface area contributed by atoms with Crippen LogP contribution in [0.2, 0.25) is 0 Å². The molecule has 0 saturated heterocycles. The SMILES string of the molecule is CC(C)[C@@H]1CC[C@]2(C)CCCCC(=O)[C@H]12. The Hall–Kier alpha value is -0.330. The van der Waals surface area contributed by atoms with Crippen LogP contribution in [0.5, 0.6) is 0 Å². The number of ketones is 1. The Morgan fingerprint density at radius 2 is 2.00 bits per heavy atom. The van der Waals surface area contributed by atoms with Crippen molar-refractivity contribution in [3.8, 4) is 0 Å². The minimum atomic E-state index is 0.350. The van der Waals surface area contributed by atoms with E-state index in [0.29, 0.717) is 29.0 Å². The maximum Gasteiger partial charge on any atom is 0.136 e. The number of carbonyl (C=O) groups is 1. The molecule has 2 aliphatic carbocycles. The van der Waals surface area contributed by atoms with Crippen LogP contribution in [0.3, 0.4) is 0 Å². The second kappa shape index (κ2) is 3.92. The average molecular weight is 208 g/mol. The molecule has 15 heavy (non-hydrogen) atoms. The summed E-state index contributed by atoms with van der Waals surface area (Å²) < 4.78 is 0. The van der Waals surface area contributed by atoms with Gasteiger partial charge in [-0.25, -0.2) is 0 Å². The number of hydrogen-bond acceptors (Lipinski definition) is 1. The molecule has 0 bridgehead atoms. The average Bonchev–Trinajstić information content (AvgIpc) is 2.44. The van der Waals surface area contributed by atoms with Gasteiger partial charge in [0, 0.05) is 12.3 Å². The standard InChI is InChI=1S/C14H24O/c1-10(2)11-7-9-14(3)8-5-4-6-12(15)13(11)14/h10-11,13H,4-9H2,1-3H3/t11-,13-,14-/m0/s1. The Balaban J connectivity index is 2.26. The Morgan fingerprint density at radius 1 is 1.27 bits per heavy atom. The number of rotatable bonds is 1. The van der Waals surface area contributed by atoms with Gasteiger partial charge in [0.05, 0.1) is 0 Å². The zero-order valence-electron chi connectivity index (χ0n) is 10.4. The highest BCUT2D eigenvalue weighted by Crippen LogP contribution is 2.54. The Labute approximate surface area is 93.6 Å². The first kappa shape index (κ1) is 11.2. The van der Waals surface area contributed by atoms with E-state index in [1.807, 2.05) is 0 Å². The fourth-order valence-electron chi connectivity index (χ4n) is 3.95. The Kier molecular flexibility index (Phi) is 2.92. The molecule has 0 aromatic rings. The van der Waals surface area contributed by atoms with E-state index in [0.717, 1.165) is 12.8 Å². The van der Waals surface area contributed by atoms with E-state index >= 15 is 0 Å². The van der Waals surface area contributed by atoms with Gasteiger partial charge < -0.3 is 0 Å². The van der Waals surface area contributed by atoms with Crippen molar-refractivity contribution in [2.45, 2.75) is 59.3 Å². The number of hydrogen-bond donors (Lipinski definition) is 0. The van der Waals surface area contributed by atoms with Crippen molar-refractivity contribution in [2.24, 2.45) is 23.2 Å². The van der Waals surface area contributed by atoms with Crippen LogP contribution in [0.15, 0.2) is 0 Å². The molecular weight excluding hydrogens is 184 g/mol. The number of carbonyl (C=O) groups excluding carboxylic acids is 1. The highest BCUT2D eigenvalue weighted by molar-refractivity contribution is 5.82. The zero-order valence-corrected chi connectivity index (χ0v) is 10.4. The van der Waals surface area contributed by atoms with Crippen LogP contribution in [-0.2, 0) is 4.79 Å². The molecule has 3 atom stereocenters. The summed E-state index contributed by atoms with van der Waals surface area (Å²) in [7, 11) is 0. The molecule has 1 nitrogen and oxygen atoms in total. The Morgan fingerprint density at radius 3 is 2.67 bits per heavy atom. The second-order valence-corrected chi connectivity index (χ2v) is 6.25. The molecule has 0 amide bonds. The highest BCUT2D eigenvalue weighted by Gasteiger charge is 2.49. The van der Waals surface area contributed by atoms with Gasteiger partial charge in [0.15, 0.2) is 0 Å². The smallest absolute Gasteiger partial charge is 0.136 e. The molecule has 86 valence electrons. The minimum absolute atomic E-state index is 0.350. The van der Waals surface area contributed by atoms with Crippen molar-refractivity contribution >= 4 is 5.78 Å². The first-order chi connectivity index (χ1) is 7.04. The van der Waals surface area contributed by atoms with Crippen LogP contribution < -0.4 is 0 Å². The van der Waals surface area contributed by atoms with Gasteiger partial charge in [0.2, 0.25) is 0 Å². The van der Waals surface area contributed by atoms with Crippen LogP contribution in [-0.4, -0.2) is 5.78 Å². The molecule has 0 spiro atoms. The molecule has 0 radical (unpaired) electrons. The van der Waals surface area contributed by atoms with Crippen LogP contribution in [0.1, 0.15) is 59.3 Å². The number of fused-ring (bicyclic) bond motifs is 1. The van der Waals surface area contributed by atoms with Gasteiger partial charge >= 0.3 is 0 Å². The molecule has 2 saturated carbocycles. The molecule has 2 rings (SSSR count). The zero-order chi connectivity index (χ0) is 11.1. The van der Waals surface area contributed by atoms with Crippen molar-refractivity contribution in [2.75, 3.05) is 0 Å². The van der Waals surface area contributed by atoms with Crippen LogP contribution in [0.25, 0.3) is 0 Å². The molecule has 0 N–H and O–H groups in total. The van der Waals surface area contributed by atoms with Gasteiger partial charge in [-0.15, -0.1) is 0 Å². The molecule has 2 fully saturated rings. The summed E-state index contributed by atoms with van der Waals surface area (Å²) in [6.07, 6.45) is 7.10. The fraction of sp³-hybridized carbons (Fsp3) is 0.929. The van der Waals surface area contributed by atoms with Crippen LogP contribution >= 0.6 is 0 Å². The number of Topliss-reactive ketones (excluding diaryl/α,β-unsaturated/α-hetero) is 1. The molecule has 0 heterocycles. The van der Waals surface area contributed by atoms with Crippen molar-refractivity contribution in [3.05, 3.63) is 0 Å². The molecule has 0 unspecified atom stereocenters. The first-order valence-electron chi connectivity index (χ1n) is 6.57. The lowest BCUT2D eigenvalue weighted by Gasteiger charge is -2.32. The third kappa shape index (κ3) is 1.86. The van der Waals surface area contributed by atoms with Crippen molar-refractivity contribution < 1.29 is 4.79 Å². The highest BCUT2D eigenvalue weighted by atomic mass is 16.1. The summed E-state index contributed by atoms with van der Waals surface area (Å²) in [5, 5.41) is 0. The van der Waals surface area contributed by atoms with Crippen molar-refractivity contribution in [1.29, 1.82) is 0 Å². The fourth-order valence-corrected chi connectivity index (χ4v) is 3.95. The third-order valence-electron chi connectivity index (χ3n) is 4.85. The monoisotopic (exact) mass is 208 g/mol. The molecule has 0 aromatic heterocycles. The van der Waals surface area contributed by atoms with E-state index < -0.39 is 0 Å². The van der Waals surface area contributed by atoms with Crippen molar-refractivity contribution in [1.82, 2.24) is 0 Å². The molecule has 0 aromatic carbocycles. The van der Waals surface area contributed by atoms with E-state index in [9.17, 15) is 4.79 Å². The van der Waals surface area contributed by atoms with Gasteiger partial charge in [-0.3, -0.25) is 4.79 Å². The Bertz CT molecular complexity index is 256. The molecule has 1 heteroatoms. The van der Waals surface area contributed by atoms with Crippen molar-refractivity contribution in [3.63, 3.8) is 0 Å². The van der Waals surface area contributed by atoms with E-state index in [4.69, 9.17) is 0 Å². The van der Waals surface area contributed by atoms with E-state index in [1.54, 1.807) is 0 Å². The largest absolute Gasteiger partial charge is 0.299 e. The molecule has 2 aliphatic rings. The van der Waals surface area contributed by atoms with Crippen LogP contribution in [0.4, 0.5) is 0 Å². The predicted molar refractivity (Wildman–Crippen MR) is 62.6 cm³/mol. The van der Waals surface area contributed by atoms with E-state index in [-0.39, 0.29) is 0 Å². The van der Waals surface area contributed by atoms with E-state index in [2.05, 4.69) is 20.8 Å². The summed E-state index contributed by atoms with van der Waals surface area (Å²) in [4.78, 5) is 12.2. The van der Waals surface area contributed by atoms with Gasteiger partial charge in [0.1, 0.15) is 5.78 Å². The lowest BCUT2D eigenvalue weighted by molar-refractivity contribution is -0.127. The summed E-state index contributed by atoms with van der Waals surface area (Å²) in [5.74, 6) is 2.31. The molecular formula is C14H24O. The normalized spacial score (nSPS) is 41.7.